The second-order valence-electron chi connectivity index (χ2n) is 10.6. The number of likely N-dealkylation sites (tertiary alicyclic amines) is 1. The lowest BCUT2D eigenvalue weighted by molar-refractivity contribution is -0.384. The third-order valence-electron chi connectivity index (χ3n) is 8.44. The Morgan fingerprint density at radius 1 is 0.976 bits per heavy atom. The Kier molecular flexibility index (Phi) is 6.70. The predicted octanol–water partition coefficient (Wildman–Crippen LogP) is 4.27. The molecule has 2 fully saturated rings. The monoisotopic (exact) mass is 565 g/mol. The molecule has 0 aromatic heterocycles. The van der Waals surface area contributed by atoms with E-state index in [0.717, 1.165) is 16.3 Å². The summed E-state index contributed by atoms with van der Waals surface area (Å²) in [6.45, 7) is -0.00209. The van der Waals surface area contributed by atoms with Gasteiger partial charge in [-0.3, -0.25) is 34.7 Å². The number of rotatable bonds is 8. The number of aliphatic carboxylic acids is 1. The Balaban J connectivity index is 1.46. The fraction of sp³-hybridized carbons (Fsp3) is 0.219. The minimum absolute atomic E-state index is 0.00209. The van der Waals surface area contributed by atoms with E-state index in [1.807, 2.05) is 42.5 Å². The lowest BCUT2D eigenvalue weighted by atomic mass is 9.76. The van der Waals surface area contributed by atoms with Gasteiger partial charge in [-0.1, -0.05) is 72.8 Å². The summed E-state index contributed by atoms with van der Waals surface area (Å²) < 4.78 is 5.56. The van der Waals surface area contributed by atoms with Crippen LogP contribution in [0.25, 0.3) is 10.8 Å². The van der Waals surface area contributed by atoms with Crippen LogP contribution in [0.1, 0.15) is 22.7 Å². The molecule has 10 nitrogen and oxygen atoms in total. The van der Waals surface area contributed by atoms with Crippen molar-refractivity contribution in [3.63, 3.8) is 0 Å². The molecule has 0 radical (unpaired) electrons. The summed E-state index contributed by atoms with van der Waals surface area (Å²) in [6, 6.07) is 25.0. The number of hydrogen-bond acceptors (Lipinski definition) is 7. The van der Waals surface area contributed by atoms with Gasteiger partial charge in [0.25, 0.3) is 5.69 Å². The summed E-state index contributed by atoms with van der Waals surface area (Å²) >= 11 is 0. The van der Waals surface area contributed by atoms with Crippen molar-refractivity contribution in [3.8, 4) is 5.75 Å². The molecule has 212 valence electrons. The van der Waals surface area contributed by atoms with Gasteiger partial charge in [0.1, 0.15) is 11.3 Å². The molecule has 2 N–H and O–H groups in total. The SMILES string of the molecule is COc1ccccc1C1NC(Cc2ccc([N+](=O)[O-])cc2)(C(=O)O)C2C(=O)N(Cc3cccc4ccccc34)C(=O)C12. The van der Waals surface area contributed by atoms with Crippen LogP contribution in [0.5, 0.6) is 5.75 Å². The van der Waals surface area contributed by atoms with Crippen molar-refractivity contribution >= 4 is 34.2 Å². The van der Waals surface area contributed by atoms with E-state index in [9.17, 15) is 29.6 Å². The molecule has 0 bridgehead atoms. The van der Waals surface area contributed by atoms with E-state index in [1.165, 1.54) is 36.3 Å². The van der Waals surface area contributed by atoms with Gasteiger partial charge >= 0.3 is 5.97 Å². The largest absolute Gasteiger partial charge is 0.496 e. The van der Waals surface area contributed by atoms with Gasteiger partial charge in [0.05, 0.1) is 30.4 Å². The second kappa shape index (κ2) is 10.4. The van der Waals surface area contributed by atoms with E-state index < -0.39 is 46.1 Å². The van der Waals surface area contributed by atoms with Gasteiger partial charge in [-0.2, -0.15) is 0 Å². The van der Waals surface area contributed by atoms with Gasteiger partial charge < -0.3 is 9.84 Å². The van der Waals surface area contributed by atoms with E-state index in [2.05, 4.69) is 5.32 Å². The summed E-state index contributed by atoms with van der Waals surface area (Å²) in [4.78, 5) is 53.4. The smallest absolute Gasteiger partial charge is 0.325 e. The number of nitro benzene ring substituents is 1. The molecule has 2 aliphatic heterocycles. The van der Waals surface area contributed by atoms with E-state index in [0.29, 0.717) is 16.9 Å². The van der Waals surface area contributed by atoms with Crippen LogP contribution in [0.15, 0.2) is 91.0 Å². The average molecular weight is 566 g/mol. The number of benzene rings is 4. The van der Waals surface area contributed by atoms with Crippen LogP contribution in [-0.2, 0) is 27.3 Å². The number of non-ortho nitro benzene ring substituents is 1. The van der Waals surface area contributed by atoms with Gasteiger partial charge in [-0.25, -0.2) is 0 Å². The maximum absolute atomic E-state index is 14.2. The molecule has 4 unspecified atom stereocenters. The number of fused-ring (bicyclic) bond motifs is 2. The molecule has 4 aromatic rings. The van der Waals surface area contributed by atoms with Crippen molar-refractivity contribution < 1.29 is 29.2 Å². The zero-order valence-electron chi connectivity index (χ0n) is 22.6. The highest BCUT2D eigenvalue weighted by molar-refractivity contribution is 6.09. The first-order valence-electron chi connectivity index (χ1n) is 13.4. The van der Waals surface area contributed by atoms with E-state index >= 15 is 0 Å². The summed E-state index contributed by atoms with van der Waals surface area (Å²) in [7, 11) is 1.49. The van der Waals surface area contributed by atoms with Crippen molar-refractivity contribution in [2.24, 2.45) is 11.8 Å². The summed E-state index contributed by atoms with van der Waals surface area (Å²) in [5.41, 5.74) is -0.196. The average Bonchev–Trinajstić information content (AvgIpc) is 3.47. The zero-order chi connectivity index (χ0) is 29.6. The molecule has 0 aliphatic carbocycles. The third kappa shape index (κ3) is 4.27. The number of amides is 2. The van der Waals surface area contributed by atoms with Crippen LogP contribution >= 0.6 is 0 Å². The van der Waals surface area contributed by atoms with Gasteiger partial charge in [-0.15, -0.1) is 0 Å². The highest BCUT2D eigenvalue weighted by atomic mass is 16.6. The van der Waals surface area contributed by atoms with Crippen LogP contribution in [0.4, 0.5) is 5.69 Å². The second-order valence-corrected chi connectivity index (χ2v) is 10.6. The fourth-order valence-corrected chi connectivity index (χ4v) is 6.50. The number of nitrogens with zero attached hydrogens (tertiary/aromatic N) is 2. The van der Waals surface area contributed by atoms with Crippen LogP contribution in [-0.4, -0.2) is 45.4 Å². The number of nitro groups is 1. The Morgan fingerprint density at radius 3 is 2.38 bits per heavy atom. The van der Waals surface area contributed by atoms with Crippen molar-refractivity contribution in [2.75, 3.05) is 7.11 Å². The maximum atomic E-state index is 14.2. The maximum Gasteiger partial charge on any atom is 0.325 e. The molecule has 0 spiro atoms. The number of carbonyl (C=O) groups is 3. The molecule has 2 aliphatic rings. The van der Waals surface area contributed by atoms with Crippen LogP contribution in [0, 0.1) is 22.0 Å². The molecule has 42 heavy (non-hydrogen) atoms. The highest BCUT2D eigenvalue weighted by Gasteiger charge is 2.68. The van der Waals surface area contributed by atoms with E-state index in [1.54, 1.807) is 24.3 Å². The minimum Gasteiger partial charge on any atom is -0.496 e. The van der Waals surface area contributed by atoms with Crippen LogP contribution in [0.3, 0.4) is 0 Å². The van der Waals surface area contributed by atoms with Crippen LogP contribution < -0.4 is 10.1 Å². The first-order chi connectivity index (χ1) is 20.2. The lowest BCUT2D eigenvalue weighted by Crippen LogP contribution is -2.57. The van der Waals surface area contributed by atoms with Crippen molar-refractivity contribution in [2.45, 2.75) is 24.5 Å². The number of carboxylic acid groups (broad SMARTS) is 1. The quantitative estimate of drug-likeness (QED) is 0.184. The van der Waals surface area contributed by atoms with Crippen LogP contribution in [0.2, 0.25) is 0 Å². The number of carbonyl (C=O) groups excluding carboxylic acids is 2. The van der Waals surface area contributed by atoms with E-state index in [4.69, 9.17) is 4.74 Å². The number of hydrogen-bond donors (Lipinski definition) is 2. The molecule has 4 atom stereocenters. The number of nitrogens with one attached hydrogen (secondary N) is 1. The zero-order valence-corrected chi connectivity index (χ0v) is 22.6. The Labute approximate surface area is 240 Å². The van der Waals surface area contributed by atoms with E-state index in [-0.39, 0.29) is 18.7 Å². The molecule has 6 rings (SSSR count). The molecular weight excluding hydrogens is 538 g/mol. The molecule has 2 saturated heterocycles. The summed E-state index contributed by atoms with van der Waals surface area (Å²) in [5, 5.41) is 27.0. The van der Waals surface area contributed by atoms with Gasteiger partial charge in [0, 0.05) is 30.2 Å². The topological polar surface area (TPSA) is 139 Å². The fourth-order valence-electron chi connectivity index (χ4n) is 6.50. The summed E-state index contributed by atoms with van der Waals surface area (Å²) in [6.07, 6.45) is -0.172. The van der Waals surface area contributed by atoms with Crippen molar-refractivity contribution in [3.05, 3.63) is 118 Å². The Bertz CT molecular complexity index is 1730. The van der Waals surface area contributed by atoms with Crippen molar-refractivity contribution in [1.82, 2.24) is 10.2 Å². The van der Waals surface area contributed by atoms with Gasteiger partial charge in [-0.05, 0) is 28.0 Å². The first kappa shape index (κ1) is 27.1. The first-order valence-corrected chi connectivity index (χ1v) is 13.4. The predicted molar refractivity (Wildman–Crippen MR) is 153 cm³/mol. The third-order valence-corrected chi connectivity index (χ3v) is 8.44. The van der Waals surface area contributed by atoms with Gasteiger partial charge in [0.2, 0.25) is 11.8 Å². The molecular formula is C32H27N3O7. The molecule has 0 saturated carbocycles. The molecule has 2 heterocycles. The summed E-state index contributed by atoms with van der Waals surface area (Å²) in [5.74, 6) is -4.12. The minimum atomic E-state index is -1.87. The van der Waals surface area contributed by atoms with Gasteiger partial charge in [0.15, 0.2) is 0 Å². The highest BCUT2D eigenvalue weighted by Crippen LogP contribution is 2.51. The Hall–Kier alpha value is -5.09. The van der Waals surface area contributed by atoms with Crippen molar-refractivity contribution in [1.29, 1.82) is 0 Å². The number of para-hydroxylation sites is 1. The normalized spacial score (nSPS) is 23.3. The molecule has 2 amide bonds. The lowest BCUT2D eigenvalue weighted by Gasteiger charge is -2.31. The number of methoxy groups -OCH3 is 1. The molecule has 4 aromatic carbocycles. The number of imide groups is 1. The Morgan fingerprint density at radius 2 is 1.67 bits per heavy atom. The number of carboxylic acids is 1. The standard InChI is InChI=1S/C32H27N3O7/c1-42-25-12-5-4-11-24(25)28-26-27(32(33-28,31(38)39)17-19-13-15-22(16-14-19)35(40)41)30(37)34(29(26)36)18-21-9-6-8-20-7-2-3-10-23(20)21/h2-16,26-28,33H,17-18H2,1H3,(H,38,39). The molecule has 10 heteroatoms. The number of ether oxygens (including phenoxy) is 1.